The molecule has 1 unspecified atom stereocenters. The van der Waals surface area contributed by atoms with Crippen molar-refractivity contribution in [3.8, 4) is 0 Å². The molecule has 84 valence electrons. The molecule has 0 saturated heterocycles. The SMILES string of the molecule is Cc1ccc2oc(C(C)(O)CC=O)cc2c1. The molecule has 0 saturated carbocycles. The molecule has 0 fully saturated rings. The molecule has 1 aromatic heterocycles. The van der Waals surface area contributed by atoms with Crippen molar-refractivity contribution >= 4 is 17.3 Å². The average Bonchev–Trinajstić information content (AvgIpc) is 2.61. The topological polar surface area (TPSA) is 50.4 Å². The number of carbonyl (C=O) groups is 1. The third kappa shape index (κ3) is 1.86. The molecule has 0 bridgehead atoms. The van der Waals surface area contributed by atoms with E-state index < -0.39 is 5.60 Å². The fourth-order valence-corrected chi connectivity index (χ4v) is 1.69. The molecule has 1 aromatic carbocycles. The number of hydrogen-bond acceptors (Lipinski definition) is 3. The Hall–Kier alpha value is -1.61. The van der Waals surface area contributed by atoms with Crippen LogP contribution < -0.4 is 0 Å². The molecule has 0 aliphatic heterocycles. The summed E-state index contributed by atoms with van der Waals surface area (Å²) >= 11 is 0. The second-order valence-corrected chi connectivity index (χ2v) is 4.30. The van der Waals surface area contributed by atoms with Gasteiger partial charge in [0.2, 0.25) is 0 Å². The van der Waals surface area contributed by atoms with Gasteiger partial charge in [-0.3, -0.25) is 0 Å². The highest BCUT2D eigenvalue weighted by Gasteiger charge is 2.26. The highest BCUT2D eigenvalue weighted by molar-refractivity contribution is 5.79. The van der Waals surface area contributed by atoms with Crippen LogP contribution in [-0.2, 0) is 10.4 Å². The third-order valence-corrected chi connectivity index (χ3v) is 2.68. The molecule has 1 atom stereocenters. The van der Waals surface area contributed by atoms with Gasteiger partial charge in [-0.25, -0.2) is 0 Å². The van der Waals surface area contributed by atoms with Crippen molar-refractivity contribution in [1.82, 2.24) is 0 Å². The number of furan rings is 1. The lowest BCUT2D eigenvalue weighted by molar-refractivity contribution is -0.112. The quantitative estimate of drug-likeness (QED) is 0.805. The van der Waals surface area contributed by atoms with Gasteiger partial charge in [-0.1, -0.05) is 11.6 Å². The van der Waals surface area contributed by atoms with Crippen molar-refractivity contribution < 1.29 is 14.3 Å². The van der Waals surface area contributed by atoms with Gasteiger partial charge in [0.15, 0.2) is 0 Å². The zero-order valence-electron chi connectivity index (χ0n) is 9.36. The maximum Gasteiger partial charge on any atom is 0.137 e. The predicted molar refractivity (Wildman–Crippen MR) is 61.2 cm³/mol. The van der Waals surface area contributed by atoms with Crippen molar-refractivity contribution in [3.63, 3.8) is 0 Å². The summed E-state index contributed by atoms with van der Waals surface area (Å²) in [6.07, 6.45) is 0.726. The number of benzene rings is 1. The van der Waals surface area contributed by atoms with E-state index in [1.54, 1.807) is 13.0 Å². The van der Waals surface area contributed by atoms with Gasteiger partial charge in [-0.05, 0) is 32.0 Å². The van der Waals surface area contributed by atoms with Crippen LogP contribution in [0.1, 0.15) is 24.7 Å². The zero-order chi connectivity index (χ0) is 11.8. The van der Waals surface area contributed by atoms with E-state index in [1.807, 2.05) is 25.1 Å². The molecule has 16 heavy (non-hydrogen) atoms. The average molecular weight is 218 g/mol. The summed E-state index contributed by atoms with van der Waals surface area (Å²) < 4.78 is 5.53. The van der Waals surface area contributed by atoms with Gasteiger partial charge in [0.05, 0.1) is 0 Å². The van der Waals surface area contributed by atoms with Gasteiger partial charge >= 0.3 is 0 Å². The van der Waals surface area contributed by atoms with Crippen LogP contribution >= 0.6 is 0 Å². The zero-order valence-corrected chi connectivity index (χ0v) is 9.36. The predicted octanol–water partition coefficient (Wildman–Crippen LogP) is 2.54. The summed E-state index contributed by atoms with van der Waals surface area (Å²) in [4.78, 5) is 10.5. The van der Waals surface area contributed by atoms with Crippen LogP contribution in [0.4, 0.5) is 0 Å². The van der Waals surface area contributed by atoms with Crippen LogP contribution in [0.3, 0.4) is 0 Å². The Morgan fingerprint density at radius 2 is 2.19 bits per heavy atom. The Morgan fingerprint density at radius 3 is 2.88 bits per heavy atom. The molecule has 3 nitrogen and oxygen atoms in total. The smallest absolute Gasteiger partial charge is 0.137 e. The Labute approximate surface area is 93.7 Å². The molecule has 2 rings (SSSR count). The van der Waals surface area contributed by atoms with E-state index in [2.05, 4.69) is 0 Å². The van der Waals surface area contributed by atoms with Crippen LogP contribution in [-0.4, -0.2) is 11.4 Å². The van der Waals surface area contributed by atoms with Gasteiger partial charge in [0, 0.05) is 11.8 Å². The molecule has 3 heteroatoms. The van der Waals surface area contributed by atoms with Crippen molar-refractivity contribution in [2.24, 2.45) is 0 Å². The number of fused-ring (bicyclic) bond motifs is 1. The summed E-state index contributed by atoms with van der Waals surface area (Å²) in [6, 6.07) is 7.58. The first-order chi connectivity index (χ1) is 7.53. The van der Waals surface area contributed by atoms with E-state index in [1.165, 1.54) is 0 Å². The molecule has 0 spiro atoms. The van der Waals surface area contributed by atoms with E-state index in [4.69, 9.17) is 4.42 Å². The second kappa shape index (κ2) is 3.76. The van der Waals surface area contributed by atoms with Gasteiger partial charge in [-0.2, -0.15) is 0 Å². The lowest BCUT2D eigenvalue weighted by atomic mass is 10.00. The summed E-state index contributed by atoms with van der Waals surface area (Å²) in [5, 5.41) is 11.0. The first-order valence-electron chi connectivity index (χ1n) is 5.19. The molecule has 0 aliphatic carbocycles. The largest absolute Gasteiger partial charge is 0.458 e. The summed E-state index contributed by atoms with van der Waals surface area (Å²) in [7, 11) is 0. The van der Waals surface area contributed by atoms with Crippen LogP contribution in [0.2, 0.25) is 0 Å². The van der Waals surface area contributed by atoms with E-state index in [-0.39, 0.29) is 6.42 Å². The molecular formula is C13H14O3. The standard InChI is InChI=1S/C13H14O3/c1-9-3-4-11-10(7-9)8-12(16-11)13(2,15)5-6-14/h3-4,6-8,15H,5H2,1-2H3. The molecule has 0 radical (unpaired) electrons. The minimum atomic E-state index is -1.23. The molecular weight excluding hydrogens is 204 g/mol. The van der Waals surface area contributed by atoms with E-state index in [0.29, 0.717) is 12.0 Å². The Balaban J connectivity index is 2.50. The van der Waals surface area contributed by atoms with Crippen molar-refractivity contribution in [1.29, 1.82) is 0 Å². The van der Waals surface area contributed by atoms with Crippen molar-refractivity contribution in [2.75, 3.05) is 0 Å². The number of aldehydes is 1. The van der Waals surface area contributed by atoms with E-state index in [0.717, 1.165) is 16.5 Å². The highest BCUT2D eigenvalue weighted by Crippen LogP contribution is 2.30. The van der Waals surface area contributed by atoms with Crippen molar-refractivity contribution in [2.45, 2.75) is 25.9 Å². The Kier molecular flexibility index (Phi) is 2.56. The van der Waals surface area contributed by atoms with Crippen LogP contribution in [0.5, 0.6) is 0 Å². The second-order valence-electron chi connectivity index (χ2n) is 4.30. The number of aryl methyl sites for hydroxylation is 1. The van der Waals surface area contributed by atoms with Gasteiger partial charge < -0.3 is 14.3 Å². The fourth-order valence-electron chi connectivity index (χ4n) is 1.69. The summed E-state index contributed by atoms with van der Waals surface area (Å²) in [5.74, 6) is 0.431. The number of rotatable bonds is 3. The van der Waals surface area contributed by atoms with Gasteiger partial charge in [0.25, 0.3) is 0 Å². The maximum absolute atomic E-state index is 10.5. The molecule has 1 N–H and O–H groups in total. The van der Waals surface area contributed by atoms with Crippen LogP contribution in [0.25, 0.3) is 11.0 Å². The molecule has 1 heterocycles. The number of carbonyl (C=O) groups excluding carboxylic acids is 1. The molecule has 0 aliphatic rings. The molecule has 2 aromatic rings. The first-order valence-corrected chi connectivity index (χ1v) is 5.19. The summed E-state index contributed by atoms with van der Waals surface area (Å²) in [6.45, 7) is 3.57. The summed E-state index contributed by atoms with van der Waals surface area (Å²) in [5.41, 5.74) is 0.635. The first kappa shape index (κ1) is 10.9. The van der Waals surface area contributed by atoms with Crippen LogP contribution in [0, 0.1) is 6.92 Å². The maximum atomic E-state index is 10.5. The van der Waals surface area contributed by atoms with Gasteiger partial charge in [-0.15, -0.1) is 0 Å². The van der Waals surface area contributed by atoms with Crippen molar-refractivity contribution in [3.05, 3.63) is 35.6 Å². The normalized spacial score (nSPS) is 14.9. The monoisotopic (exact) mass is 218 g/mol. The third-order valence-electron chi connectivity index (χ3n) is 2.68. The minimum absolute atomic E-state index is 0.0335. The van der Waals surface area contributed by atoms with Crippen LogP contribution in [0.15, 0.2) is 28.7 Å². The number of aliphatic hydroxyl groups is 1. The Bertz CT molecular complexity index is 523. The highest BCUT2D eigenvalue weighted by atomic mass is 16.4. The fraction of sp³-hybridized carbons (Fsp3) is 0.308. The molecule has 0 amide bonds. The Morgan fingerprint density at radius 1 is 1.44 bits per heavy atom. The number of hydrogen-bond donors (Lipinski definition) is 1. The lowest BCUT2D eigenvalue weighted by Crippen LogP contribution is -2.20. The van der Waals surface area contributed by atoms with Gasteiger partial charge in [0.1, 0.15) is 23.2 Å². The van der Waals surface area contributed by atoms with E-state index in [9.17, 15) is 9.90 Å². The van der Waals surface area contributed by atoms with E-state index >= 15 is 0 Å². The lowest BCUT2D eigenvalue weighted by Gasteiger charge is -2.16. The minimum Gasteiger partial charge on any atom is -0.458 e.